The summed E-state index contributed by atoms with van der Waals surface area (Å²) in [5.74, 6) is -0.196. The number of alkyl halides is 2. The SMILES string of the molecule is C[C@@H](O)CN1CCN(c2ccc([N+](=O)[O-])cc2OC(F)F)CC1. The number of non-ortho nitro benzene ring substituents is 1. The third-order valence-electron chi connectivity index (χ3n) is 3.61. The van der Waals surface area contributed by atoms with E-state index in [2.05, 4.69) is 9.64 Å². The first kappa shape index (κ1) is 17.4. The first-order valence-corrected chi connectivity index (χ1v) is 7.25. The number of β-amino-alcohol motifs (C(OH)–C–C–N with tert-alkyl or cyclic N) is 1. The molecule has 0 aromatic heterocycles. The molecule has 7 nitrogen and oxygen atoms in total. The highest BCUT2D eigenvalue weighted by molar-refractivity contribution is 5.62. The van der Waals surface area contributed by atoms with Crippen LogP contribution >= 0.6 is 0 Å². The van der Waals surface area contributed by atoms with Crippen LogP contribution in [0, 0.1) is 10.1 Å². The van der Waals surface area contributed by atoms with E-state index in [1.165, 1.54) is 12.1 Å². The number of nitro groups is 1. The number of nitrogens with zero attached hydrogens (tertiary/aromatic N) is 3. The summed E-state index contributed by atoms with van der Waals surface area (Å²) in [6.07, 6.45) is -0.432. The van der Waals surface area contributed by atoms with Crippen molar-refractivity contribution in [1.29, 1.82) is 0 Å². The molecule has 1 fully saturated rings. The zero-order valence-corrected chi connectivity index (χ0v) is 12.7. The molecule has 1 saturated heterocycles. The van der Waals surface area contributed by atoms with Gasteiger partial charge in [0.15, 0.2) is 5.75 Å². The van der Waals surface area contributed by atoms with Crippen LogP contribution in [-0.2, 0) is 0 Å². The Morgan fingerprint density at radius 3 is 2.52 bits per heavy atom. The van der Waals surface area contributed by atoms with Crippen molar-refractivity contribution in [2.75, 3.05) is 37.6 Å². The smallest absolute Gasteiger partial charge is 0.387 e. The third kappa shape index (κ3) is 4.73. The summed E-state index contributed by atoms with van der Waals surface area (Å²) in [7, 11) is 0. The van der Waals surface area contributed by atoms with Gasteiger partial charge in [-0.05, 0) is 13.0 Å². The van der Waals surface area contributed by atoms with Crippen LogP contribution in [0.4, 0.5) is 20.2 Å². The van der Waals surface area contributed by atoms with Crippen LogP contribution in [0.15, 0.2) is 18.2 Å². The van der Waals surface area contributed by atoms with Crippen molar-refractivity contribution in [3.63, 3.8) is 0 Å². The minimum atomic E-state index is -3.05. The maximum Gasteiger partial charge on any atom is 0.387 e. The first-order chi connectivity index (χ1) is 10.9. The zero-order valence-electron chi connectivity index (χ0n) is 12.7. The summed E-state index contributed by atoms with van der Waals surface area (Å²) in [5.41, 5.74) is 0.115. The Balaban J connectivity index is 2.14. The lowest BCUT2D eigenvalue weighted by atomic mass is 10.2. The summed E-state index contributed by atoms with van der Waals surface area (Å²) in [6.45, 7) is 1.65. The second-order valence-electron chi connectivity index (χ2n) is 5.42. The molecule has 1 aromatic rings. The summed E-state index contributed by atoms with van der Waals surface area (Å²) >= 11 is 0. The van der Waals surface area contributed by atoms with Crippen LogP contribution in [-0.4, -0.2) is 60.4 Å². The average molecular weight is 331 g/mol. The van der Waals surface area contributed by atoms with Crippen LogP contribution in [0.1, 0.15) is 6.92 Å². The van der Waals surface area contributed by atoms with Gasteiger partial charge in [0, 0.05) is 38.8 Å². The second kappa shape index (κ2) is 7.51. The number of anilines is 1. The Hall–Kier alpha value is -2.00. The molecule has 1 heterocycles. The number of rotatable bonds is 6. The van der Waals surface area contributed by atoms with Gasteiger partial charge in [-0.3, -0.25) is 15.0 Å². The Labute approximate surface area is 132 Å². The molecule has 0 spiro atoms. The molecular weight excluding hydrogens is 312 g/mol. The fraction of sp³-hybridized carbons (Fsp3) is 0.571. The maximum atomic E-state index is 12.6. The van der Waals surface area contributed by atoms with Gasteiger partial charge in [0.2, 0.25) is 0 Å². The normalized spacial score (nSPS) is 17.3. The molecule has 0 radical (unpaired) electrons. The fourth-order valence-electron chi connectivity index (χ4n) is 2.61. The monoisotopic (exact) mass is 331 g/mol. The first-order valence-electron chi connectivity index (χ1n) is 7.25. The van der Waals surface area contributed by atoms with Crippen molar-refractivity contribution < 1.29 is 23.5 Å². The van der Waals surface area contributed by atoms with Gasteiger partial charge >= 0.3 is 6.61 Å². The van der Waals surface area contributed by atoms with Gasteiger partial charge < -0.3 is 14.7 Å². The van der Waals surface area contributed by atoms with Crippen molar-refractivity contribution in [3.05, 3.63) is 28.3 Å². The largest absolute Gasteiger partial charge is 0.432 e. The van der Waals surface area contributed by atoms with Crippen molar-refractivity contribution in [2.24, 2.45) is 0 Å². The van der Waals surface area contributed by atoms with Gasteiger partial charge in [-0.25, -0.2) is 0 Å². The molecule has 1 aliphatic rings. The Morgan fingerprint density at radius 1 is 1.35 bits per heavy atom. The highest BCUT2D eigenvalue weighted by Crippen LogP contribution is 2.34. The van der Waals surface area contributed by atoms with E-state index in [1.807, 2.05) is 4.90 Å². The topological polar surface area (TPSA) is 79.1 Å². The van der Waals surface area contributed by atoms with Crippen LogP contribution < -0.4 is 9.64 Å². The number of benzene rings is 1. The summed E-state index contributed by atoms with van der Waals surface area (Å²) in [5, 5.41) is 20.2. The number of nitro benzene ring substituents is 1. The second-order valence-corrected chi connectivity index (χ2v) is 5.42. The molecule has 1 N–H and O–H groups in total. The van der Waals surface area contributed by atoms with Crippen LogP contribution in [0.2, 0.25) is 0 Å². The van der Waals surface area contributed by atoms with Crippen LogP contribution in [0.5, 0.6) is 5.75 Å². The Bertz CT molecular complexity index is 549. The predicted octanol–water partition coefficient (Wildman–Crippen LogP) is 1.70. The van der Waals surface area contributed by atoms with Gasteiger partial charge in [-0.15, -0.1) is 0 Å². The van der Waals surface area contributed by atoms with Gasteiger partial charge in [0.25, 0.3) is 5.69 Å². The van der Waals surface area contributed by atoms with E-state index in [9.17, 15) is 24.0 Å². The van der Waals surface area contributed by atoms with E-state index in [-0.39, 0.29) is 11.4 Å². The molecule has 1 aromatic carbocycles. The predicted molar refractivity (Wildman–Crippen MR) is 80.1 cm³/mol. The lowest BCUT2D eigenvalue weighted by Crippen LogP contribution is -2.48. The highest BCUT2D eigenvalue weighted by atomic mass is 19.3. The van der Waals surface area contributed by atoms with Gasteiger partial charge in [0.1, 0.15) is 0 Å². The van der Waals surface area contributed by atoms with E-state index >= 15 is 0 Å². The summed E-state index contributed by atoms with van der Waals surface area (Å²) in [6, 6.07) is 3.72. The minimum Gasteiger partial charge on any atom is -0.432 e. The molecular formula is C14H19F2N3O4. The maximum absolute atomic E-state index is 12.6. The van der Waals surface area contributed by atoms with Gasteiger partial charge in [0.05, 0.1) is 22.8 Å². The van der Waals surface area contributed by atoms with Crippen LogP contribution in [0.25, 0.3) is 0 Å². The van der Waals surface area contributed by atoms with Gasteiger partial charge in [-0.1, -0.05) is 0 Å². The molecule has 0 aliphatic carbocycles. The lowest BCUT2D eigenvalue weighted by molar-refractivity contribution is -0.385. The number of hydrogen-bond donors (Lipinski definition) is 1. The average Bonchev–Trinajstić information content (AvgIpc) is 2.47. The van der Waals surface area contributed by atoms with Crippen molar-refractivity contribution >= 4 is 11.4 Å². The molecule has 1 atom stereocenters. The number of hydrogen-bond acceptors (Lipinski definition) is 6. The van der Waals surface area contributed by atoms with E-state index in [0.717, 1.165) is 6.07 Å². The molecule has 0 bridgehead atoms. The zero-order chi connectivity index (χ0) is 17.0. The van der Waals surface area contributed by atoms with Crippen molar-refractivity contribution in [1.82, 2.24) is 4.90 Å². The highest BCUT2D eigenvalue weighted by Gasteiger charge is 2.23. The fourth-order valence-corrected chi connectivity index (χ4v) is 2.61. The minimum absolute atomic E-state index is 0.196. The van der Waals surface area contributed by atoms with E-state index in [0.29, 0.717) is 38.4 Å². The third-order valence-corrected chi connectivity index (χ3v) is 3.61. The number of halogens is 2. The Kier molecular flexibility index (Phi) is 5.67. The summed E-state index contributed by atoms with van der Waals surface area (Å²) in [4.78, 5) is 14.1. The number of ether oxygens (including phenoxy) is 1. The molecule has 2 rings (SSSR count). The quantitative estimate of drug-likeness (QED) is 0.631. The molecule has 128 valence electrons. The molecule has 0 saturated carbocycles. The molecule has 0 amide bonds. The number of piperazine rings is 1. The summed E-state index contributed by atoms with van der Waals surface area (Å²) < 4.78 is 29.6. The number of aliphatic hydroxyl groups excluding tert-OH is 1. The van der Waals surface area contributed by atoms with E-state index < -0.39 is 17.6 Å². The molecule has 23 heavy (non-hydrogen) atoms. The molecule has 0 unspecified atom stereocenters. The van der Waals surface area contributed by atoms with E-state index in [4.69, 9.17) is 0 Å². The van der Waals surface area contributed by atoms with Crippen molar-refractivity contribution in [3.8, 4) is 5.75 Å². The van der Waals surface area contributed by atoms with Gasteiger partial charge in [-0.2, -0.15) is 8.78 Å². The van der Waals surface area contributed by atoms with Crippen molar-refractivity contribution in [2.45, 2.75) is 19.6 Å². The Morgan fingerprint density at radius 2 is 2.00 bits per heavy atom. The lowest BCUT2D eigenvalue weighted by Gasteiger charge is -2.37. The molecule has 9 heteroatoms. The standard InChI is InChI=1S/C14H19F2N3O4/c1-10(20)9-17-4-6-18(7-5-17)12-3-2-11(19(21)22)8-13(12)23-14(15)16/h2-3,8,10,14,20H,4-7,9H2,1H3/t10-/m1/s1. The van der Waals surface area contributed by atoms with Crippen LogP contribution in [0.3, 0.4) is 0 Å². The molecule has 1 aliphatic heterocycles. The van der Waals surface area contributed by atoms with E-state index in [1.54, 1.807) is 6.92 Å². The number of aliphatic hydroxyl groups is 1.